The van der Waals surface area contributed by atoms with Gasteiger partial charge in [-0.1, -0.05) is 37.6 Å². The van der Waals surface area contributed by atoms with Crippen LogP contribution >= 0.6 is 11.6 Å². The maximum absolute atomic E-state index is 5.92. The molecule has 2 nitrogen and oxygen atoms in total. The Kier molecular flexibility index (Phi) is 8.11. The molecule has 1 atom stereocenters. The first-order valence-corrected chi connectivity index (χ1v) is 7.46. The maximum atomic E-state index is 5.92. The molecule has 0 aliphatic heterocycles. The van der Waals surface area contributed by atoms with Crippen LogP contribution < -0.4 is 5.32 Å². The van der Waals surface area contributed by atoms with E-state index in [1.807, 2.05) is 12.1 Å². The van der Waals surface area contributed by atoms with Gasteiger partial charge in [0.2, 0.25) is 0 Å². The Morgan fingerprint density at radius 1 is 1.21 bits per heavy atom. The van der Waals surface area contributed by atoms with Crippen molar-refractivity contribution >= 4 is 11.6 Å². The zero-order chi connectivity index (χ0) is 14.1. The SMILES string of the molecule is COCCCC(CNC(C)C)Cc1ccc(Cl)cc1. The molecule has 0 aliphatic carbocycles. The van der Waals surface area contributed by atoms with E-state index in [-0.39, 0.29) is 0 Å². The van der Waals surface area contributed by atoms with Gasteiger partial charge in [-0.2, -0.15) is 0 Å². The molecule has 0 saturated heterocycles. The van der Waals surface area contributed by atoms with Crippen LogP contribution in [0.5, 0.6) is 0 Å². The van der Waals surface area contributed by atoms with E-state index in [0.29, 0.717) is 12.0 Å². The standard InChI is InChI=1S/C16H26ClNO/c1-13(2)18-12-15(5-4-10-19-3)11-14-6-8-16(17)9-7-14/h6-9,13,15,18H,4-5,10-12H2,1-3H3. The number of hydrogen-bond acceptors (Lipinski definition) is 2. The van der Waals surface area contributed by atoms with E-state index >= 15 is 0 Å². The van der Waals surface area contributed by atoms with Gasteiger partial charge >= 0.3 is 0 Å². The number of nitrogens with one attached hydrogen (secondary N) is 1. The van der Waals surface area contributed by atoms with Gasteiger partial charge in [-0.25, -0.2) is 0 Å². The van der Waals surface area contributed by atoms with Crippen LogP contribution in [0.1, 0.15) is 32.3 Å². The minimum absolute atomic E-state index is 0.537. The second kappa shape index (κ2) is 9.35. The quantitative estimate of drug-likeness (QED) is 0.694. The Balaban J connectivity index is 2.48. The molecule has 19 heavy (non-hydrogen) atoms. The van der Waals surface area contributed by atoms with Crippen molar-refractivity contribution in [3.8, 4) is 0 Å². The zero-order valence-electron chi connectivity index (χ0n) is 12.3. The van der Waals surface area contributed by atoms with Gasteiger partial charge in [0.1, 0.15) is 0 Å². The molecule has 0 spiro atoms. The Morgan fingerprint density at radius 3 is 2.47 bits per heavy atom. The average molecular weight is 284 g/mol. The maximum Gasteiger partial charge on any atom is 0.0462 e. The van der Waals surface area contributed by atoms with Gasteiger partial charge in [-0.3, -0.25) is 0 Å². The largest absolute Gasteiger partial charge is 0.385 e. The van der Waals surface area contributed by atoms with Crippen molar-refractivity contribution in [3.05, 3.63) is 34.9 Å². The van der Waals surface area contributed by atoms with Crippen LogP contribution in [0, 0.1) is 5.92 Å². The number of methoxy groups -OCH3 is 1. The molecular formula is C16H26ClNO. The molecule has 108 valence electrons. The summed E-state index contributed by atoms with van der Waals surface area (Å²) in [5, 5.41) is 4.34. The first-order chi connectivity index (χ1) is 9.11. The third kappa shape index (κ3) is 7.56. The topological polar surface area (TPSA) is 21.3 Å². The van der Waals surface area contributed by atoms with Crippen molar-refractivity contribution in [1.82, 2.24) is 5.32 Å². The Bertz CT molecular complexity index is 337. The van der Waals surface area contributed by atoms with Crippen LogP contribution in [0.4, 0.5) is 0 Å². The van der Waals surface area contributed by atoms with Gasteiger partial charge in [-0.15, -0.1) is 0 Å². The first-order valence-electron chi connectivity index (χ1n) is 7.08. The molecule has 0 amide bonds. The summed E-state index contributed by atoms with van der Waals surface area (Å²) in [6.07, 6.45) is 3.41. The fourth-order valence-electron chi connectivity index (χ4n) is 2.15. The van der Waals surface area contributed by atoms with Crippen molar-refractivity contribution in [2.75, 3.05) is 20.3 Å². The number of benzene rings is 1. The molecule has 0 aromatic heterocycles. The molecule has 0 bridgehead atoms. The fraction of sp³-hybridized carbons (Fsp3) is 0.625. The first kappa shape index (κ1) is 16.5. The van der Waals surface area contributed by atoms with Gasteiger partial charge in [-0.05, 0) is 49.4 Å². The highest BCUT2D eigenvalue weighted by atomic mass is 35.5. The molecule has 0 heterocycles. The molecule has 1 aromatic rings. The predicted octanol–water partition coefficient (Wildman–Crippen LogP) is 3.92. The highest BCUT2D eigenvalue weighted by molar-refractivity contribution is 6.30. The van der Waals surface area contributed by atoms with E-state index in [1.165, 1.54) is 12.0 Å². The van der Waals surface area contributed by atoms with Crippen LogP contribution in [-0.2, 0) is 11.2 Å². The Labute approximate surface area is 122 Å². The summed E-state index contributed by atoms with van der Waals surface area (Å²) in [4.78, 5) is 0. The predicted molar refractivity (Wildman–Crippen MR) is 82.9 cm³/mol. The van der Waals surface area contributed by atoms with E-state index in [0.717, 1.165) is 31.0 Å². The van der Waals surface area contributed by atoms with Crippen LogP contribution in [0.3, 0.4) is 0 Å². The average Bonchev–Trinajstić information content (AvgIpc) is 2.38. The second-order valence-electron chi connectivity index (χ2n) is 5.39. The monoisotopic (exact) mass is 283 g/mol. The third-order valence-electron chi connectivity index (χ3n) is 3.21. The van der Waals surface area contributed by atoms with E-state index in [4.69, 9.17) is 16.3 Å². The molecule has 1 rings (SSSR count). The zero-order valence-corrected chi connectivity index (χ0v) is 13.0. The molecule has 1 N–H and O–H groups in total. The minimum Gasteiger partial charge on any atom is -0.385 e. The van der Waals surface area contributed by atoms with Gasteiger partial charge in [0.05, 0.1) is 0 Å². The molecule has 0 fully saturated rings. The van der Waals surface area contributed by atoms with Crippen LogP contribution in [0.2, 0.25) is 5.02 Å². The Morgan fingerprint density at radius 2 is 1.89 bits per heavy atom. The van der Waals surface area contributed by atoms with Crippen LogP contribution in [0.15, 0.2) is 24.3 Å². The number of ether oxygens (including phenoxy) is 1. The molecule has 0 radical (unpaired) electrons. The van der Waals surface area contributed by atoms with Crippen molar-refractivity contribution in [2.45, 2.75) is 39.2 Å². The van der Waals surface area contributed by atoms with Crippen molar-refractivity contribution in [3.63, 3.8) is 0 Å². The lowest BCUT2D eigenvalue weighted by Gasteiger charge is -2.19. The highest BCUT2D eigenvalue weighted by Crippen LogP contribution is 2.16. The lowest BCUT2D eigenvalue weighted by Crippen LogP contribution is -2.30. The normalized spacial score (nSPS) is 12.9. The summed E-state index contributed by atoms with van der Waals surface area (Å²) in [6, 6.07) is 8.73. The summed E-state index contributed by atoms with van der Waals surface area (Å²) < 4.78 is 5.15. The smallest absolute Gasteiger partial charge is 0.0462 e. The van der Waals surface area contributed by atoms with Gasteiger partial charge < -0.3 is 10.1 Å². The number of rotatable bonds is 9. The van der Waals surface area contributed by atoms with Crippen molar-refractivity contribution in [1.29, 1.82) is 0 Å². The van der Waals surface area contributed by atoms with Crippen molar-refractivity contribution < 1.29 is 4.74 Å². The molecule has 0 saturated carbocycles. The van der Waals surface area contributed by atoms with Crippen LogP contribution in [-0.4, -0.2) is 26.3 Å². The van der Waals surface area contributed by atoms with Gasteiger partial charge in [0.25, 0.3) is 0 Å². The summed E-state index contributed by atoms with van der Waals surface area (Å²) in [7, 11) is 1.76. The summed E-state index contributed by atoms with van der Waals surface area (Å²) in [5.74, 6) is 0.652. The Hall–Kier alpha value is -0.570. The molecule has 0 aliphatic rings. The number of hydrogen-bond donors (Lipinski definition) is 1. The summed E-state index contributed by atoms with van der Waals surface area (Å²) in [6.45, 7) is 6.28. The summed E-state index contributed by atoms with van der Waals surface area (Å²) >= 11 is 5.92. The minimum atomic E-state index is 0.537. The van der Waals surface area contributed by atoms with E-state index in [2.05, 4.69) is 31.3 Å². The molecular weight excluding hydrogens is 258 g/mol. The summed E-state index contributed by atoms with van der Waals surface area (Å²) in [5.41, 5.74) is 1.36. The molecule has 3 heteroatoms. The fourth-order valence-corrected chi connectivity index (χ4v) is 2.27. The lowest BCUT2D eigenvalue weighted by molar-refractivity contribution is 0.186. The molecule has 1 unspecified atom stereocenters. The molecule has 1 aromatic carbocycles. The second-order valence-corrected chi connectivity index (χ2v) is 5.83. The van der Waals surface area contributed by atoms with E-state index in [9.17, 15) is 0 Å². The third-order valence-corrected chi connectivity index (χ3v) is 3.47. The lowest BCUT2D eigenvalue weighted by atomic mass is 9.94. The van der Waals surface area contributed by atoms with E-state index < -0.39 is 0 Å². The van der Waals surface area contributed by atoms with E-state index in [1.54, 1.807) is 7.11 Å². The highest BCUT2D eigenvalue weighted by Gasteiger charge is 2.10. The number of halogens is 1. The van der Waals surface area contributed by atoms with Crippen molar-refractivity contribution in [2.24, 2.45) is 5.92 Å². The van der Waals surface area contributed by atoms with Gasteiger partial charge in [0, 0.05) is 24.8 Å². The van der Waals surface area contributed by atoms with Gasteiger partial charge in [0.15, 0.2) is 0 Å². The van der Waals surface area contributed by atoms with Crippen LogP contribution in [0.25, 0.3) is 0 Å².